The third kappa shape index (κ3) is 6.07. The minimum Gasteiger partial charge on any atom is -0.244 e. The van der Waals surface area contributed by atoms with Gasteiger partial charge >= 0.3 is 0 Å². The summed E-state index contributed by atoms with van der Waals surface area (Å²) in [4.78, 5) is 0. The van der Waals surface area contributed by atoms with Crippen LogP contribution in [0.5, 0.6) is 0 Å². The second-order valence-corrected chi connectivity index (χ2v) is 9.91. The van der Waals surface area contributed by atoms with Crippen LogP contribution in [-0.2, 0) is 0 Å². The molecule has 2 aliphatic carbocycles. The Morgan fingerprint density at radius 3 is 1.82 bits per heavy atom. The Morgan fingerprint density at radius 2 is 1.29 bits per heavy atom. The lowest BCUT2D eigenvalue weighted by Crippen LogP contribution is -2.28. The van der Waals surface area contributed by atoms with E-state index in [9.17, 15) is 4.39 Å². The number of hydrogen-bond acceptors (Lipinski definition) is 0. The van der Waals surface area contributed by atoms with Crippen LogP contribution in [0.15, 0.2) is 24.3 Å². The molecule has 0 unspecified atom stereocenters. The second-order valence-electron chi connectivity index (χ2n) is 9.91. The van der Waals surface area contributed by atoms with Crippen LogP contribution in [0.1, 0.15) is 133 Å². The van der Waals surface area contributed by atoms with Gasteiger partial charge < -0.3 is 0 Å². The van der Waals surface area contributed by atoms with Crippen LogP contribution in [0.3, 0.4) is 0 Å². The molecule has 2 fully saturated rings. The van der Waals surface area contributed by atoms with E-state index in [0.29, 0.717) is 5.92 Å². The Labute approximate surface area is 173 Å². The zero-order valence-electron chi connectivity index (χ0n) is 18.5. The van der Waals surface area contributed by atoms with E-state index >= 15 is 0 Å². The molecule has 2 saturated carbocycles. The molecule has 28 heavy (non-hydrogen) atoms. The highest BCUT2D eigenvalue weighted by Crippen LogP contribution is 2.43. The molecule has 1 aromatic carbocycles. The molecule has 1 heteroatoms. The van der Waals surface area contributed by atoms with Crippen molar-refractivity contribution in [3.8, 4) is 0 Å². The average Bonchev–Trinajstić information content (AvgIpc) is 2.74. The van der Waals surface area contributed by atoms with Gasteiger partial charge in [-0.2, -0.15) is 0 Å². The summed E-state index contributed by atoms with van der Waals surface area (Å²) in [5.41, 5.74) is 2.13. The van der Waals surface area contributed by atoms with Crippen LogP contribution in [0.25, 0.3) is 0 Å². The van der Waals surface area contributed by atoms with Gasteiger partial charge in [-0.1, -0.05) is 76.6 Å². The first-order valence-corrected chi connectivity index (χ1v) is 12.4. The standard InChI is InChI=1S/C27H43F/c1-3-5-7-8-22-9-11-23(12-10-22)24-13-15-25(16-14-24)26-17-20-27(28,21-18-26)19-6-4-2/h13-16,22-23,26H,3-12,17-21H2,1-2H3/t22-,23-,26?,27?. The molecule has 0 nitrogen and oxygen atoms in total. The number of rotatable bonds is 9. The Hall–Kier alpha value is -0.850. The van der Waals surface area contributed by atoms with E-state index in [4.69, 9.17) is 0 Å². The highest BCUT2D eigenvalue weighted by molar-refractivity contribution is 5.28. The molecule has 0 aromatic heterocycles. The third-order valence-corrected chi connectivity index (χ3v) is 7.80. The summed E-state index contributed by atoms with van der Waals surface area (Å²) in [6.45, 7) is 4.46. The fourth-order valence-corrected chi connectivity index (χ4v) is 5.72. The first-order valence-electron chi connectivity index (χ1n) is 12.4. The van der Waals surface area contributed by atoms with Crippen LogP contribution < -0.4 is 0 Å². The molecule has 1 aromatic rings. The fourth-order valence-electron chi connectivity index (χ4n) is 5.72. The summed E-state index contributed by atoms with van der Waals surface area (Å²) in [6, 6.07) is 9.52. The van der Waals surface area contributed by atoms with E-state index in [1.807, 2.05) is 0 Å². The molecule has 0 saturated heterocycles. The van der Waals surface area contributed by atoms with Gasteiger partial charge in [-0.05, 0) is 86.7 Å². The highest BCUT2D eigenvalue weighted by atomic mass is 19.1. The number of alkyl halides is 1. The van der Waals surface area contributed by atoms with E-state index in [2.05, 4.69) is 38.1 Å². The lowest BCUT2D eigenvalue weighted by Gasteiger charge is -2.34. The Balaban J connectivity index is 1.46. The van der Waals surface area contributed by atoms with Crippen LogP contribution in [0.2, 0.25) is 0 Å². The monoisotopic (exact) mass is 386 g/mol. The molecule has 2 aliphatic rings. The minimum atomic E-state index is -0.873. The molecule has 0 radical (unpaired) electrons. The van der Waals surface area contributed by atoms with Gasteiger partial charge in [-0.25, -0.2) is 4.39 Å². The number of halogens is 1. The zero-order chi connectivity index (χ0) is 19.8. The maximum atomic E-state index is 14.9. The van der Waals surface area contributed by atoms with Gasteiger partial charge in [0, 0.05) is 0 Å². The van der Waals surface area contributed by atoms with Crippen LogP contribution in [-0.4, -0.2) is 5.67 Å². The molecule has 0 atom stereocenters. The van der Waals surface area contributed by atoms with Crippen molar-refractivity contribution in [3.05, 3.63) is 35.4 Å². The number of benzene rings is 1. The van der Waals surface area contributed by atoms with Crippen LogP contribution in [0, 0.1) is 5.92 Å². The van der Waals surface area contributed by atoms with Gasteiger partial charge in [0.15, 0.2) is 0 Å². The van der Waals surface area contributed by atoms with Crippen molar-refractivity contribution in [3.63, 3.8) is 0 Å². The van der Waals surface area contributed by atoms with E-state index in [-0.39, 0.29) is 0 Å². The van der Waals surface area contributed by atoms with Gasteiger partial charge in [-0.15, -0.1) is 0 Å². The number of unbranched alkanes of at least 4 members (excludes halogenated alkanes) is 3. The van der Waals surface area contributed by atoms with E-state index in [1.54, 1.807) is 5.56 Å². The molecule has 0 amide bonds. The fraction of sp³-hybridized carbons (Fsp3) is 0.778. The van der Waals surface area contributed by atoms with Crippen LogP contribution >= 0.6 is 0 Å². The van der Waals surface area contributed by atoms with Crippen molar-refractivity contribution >= 4 is 0 Å². The van der Waals surface area contributed by atoms with Crippen molar-refractivity contribution in [2.45, 2.75) is 128 Å². The quantitative estimate of drug-likeness (QED) is 0.371. The molecule has 0 bridgehead atoms. The number of hydrogen-bond donors (Lipinski definition) is 0. The minimum absolute atomic E-state index is 0.578. The van der Waals surface area contributed by atoms with Gasteiger partial charge in [-0.3, -0.25) is 0 Å². The maximum Gasteiger partial charge on any atom is 0.111 e. The van der Waals surface area contributed by atoms with E-state index in [0.717, 1.165) is 56.8 Å². The third-order valence-electron chi connectivity index (χ3n) is 7.80. The molecular weight excluding hydrogens is 343 g/mol. The zero-order valence-corrected chi connectivity index (χ0v) is 18.5. The molecule has 0 spiro atoms. The highest BCUT2D eigenvalue weighted by Gasteiger charge is 2.35. The van der Waals surface area contributed by atoms with Gasteiger partial charge in [0.25, 0.3) is 0 Å². The molecule has 158 valence electrons. The molecule has 3 rings (SSSR count). The van der Waals surface area contributed by atoms with Gasteiger partial charge in [0.1, 0.15) is 5.67 Å². The predicted octanol–water partition coefficient (Wildman–Crippen LogP) is 9.10. The van der Waals surface area contributed by atoms with Crippen molar-refractivity contribution in [1.29, 1.82) is 0 Å². The van der Waals surface area contributed by atoms with Gasteiger partial charge in [0.2, 0.25) is 0 Å². The van der Waals surface area contributed by atoms with Crippen molar-refractivity contribution in [1.82, 2.24) is 0 Å². The lowest BCUT2D eigenvalue weighted by atomic mass is 9.74. The summed E-state index contributed by atoms with van der Waals surface area (Å²) in [5.74, 6) is 2.34. The molecule has 0 heterocycles. The van der Waals surface area contributed by atoms with Gasteiger partial charge in [0.05, 0.1) is 0 Å². The normalized spacial score (nSPS) is 31.0. The molecule has 0 N–H and O–H groups in total. The Kier molecular flexibility index (Phi) is 8.42. The molecular formula is C27H43F. The SMILES string of the molecule is CCCCC[C@H]1CC[C@H](c2ccc(C3CCC(F)(CCCC)CC3)cc2)CC1. The summed E-state index contributed by atoms with van der Waals surface area (Å²) in [5, 5.41) is 0. The largest absolute Gasteiger partial charge is 0.244 e. The maximum absolute atomic E-state index is 14.9. The predicted molar refractivity (Wildman–Crippen MR) is 120 cm³/mol. The van der Waals surface area contributed by atoms with E-state index in [1.165, 1.54) is 56.9 Å². The smallest absolute Gasteiger partial charge is 0.111 e. The Morgan fingerprint density at radius 1 is 0.750 bits per heavy atom. The topological polar surface area (TPSA) is 0 Å². The second kappa shape index (κ2) is 10.8. The van der Waals surface area contributed by atoms with Crippen molar-refractivity contribution in [2.75, 3.05) is 0 Å². The summed E-state index contributed by atoms with van der Waals surface area (Å²) in [7, 11) is 0. The van der Waals surface area contributed by atoms with Crippen LogP contribution in [0.4, 0.5) is 4.39 Å². The van der Waals surface area contributed by atoms with E-state index < -0.39 is 5.67 Å². The Bertz CT molecular complexity index is 544. The van der Waals surface area contributed by atoms with Crippen molar-refractivity contribution in [2.24, 2.45) is 5.92 Å². The summed E-state index contributed by atoms with van der Waals surface area (Å²) >= 11 is 0. The first kappa shape index (κ1) is 21.8. The summed E-state index contributed by atoms with van der Waals surface area (Å²) in [6.07, 6.45) is 17.7. The lowest BCUT2D eigenvalue weighted by molar-refractivity contribution is 0.0856. The first-order chi connectivity index (χ1) is 13.6. The van der Waals surface area contributed by atoms with Crippen molar-refractivity contribution < 1.29 is 4.39 Å². The average molecular weight is 387 g/mol. The molecule has 0 aliphatic heterocycles. The summed E-state index contributed by atoms with van der Waals surface area (Å²) < 4.78 is 14.9.